The molecule has 0 bridgehead atoms. The van der Waals surface area contributed by atoms with E-state index in [1.807, 2.05) is 0 Å². The molecule has 0 aromatic rings. The Bertz CT molecular complexity index is 194. The van der Waals surface area contributed by atoms with Crippen molar-refractivity contribution in [3.05, 3.63) is 0 Å². The average molecular weight is 214 g/mol. The molecular formula is C6H10BF3O4. The molecule has 0 heterocycles. The first-order valence-electron chi connectivity index (χ1n) is 3.87. The summed E-state index contributed by atoms with van der Waals surface area (Å²) in [5.74, 6) is -3.61. The van der Waals surface area contributed by atoms with Crippen molar-refractivity contribution < 1.29 is 32.8 Å². The van der Waals surface area contributed by atoms with Gasteiger partial charge in [-0.1, -0.05) is 0 Å². The van der Waals surface area contributed by atoms with Crippen molar-refractivity contribution in [3.8, 4) is 0 Å². The average Bonchev–Trinajstić information content (AvgIpc) is 1.98. The van der Waals surface area contributed by atoms with Crippen LogP contribution in [0.25, 0.3) is 0 Å². The molecule has 0 amide bonds. The Morgan fingerprint density at radius 3 is 2.29 bits per heavy atom. The second kappa shape index (κ2) is 5.21. The molecule has 0 rings (SSSR count). The molecule has 0 fully saturated rings. The van der Waals surface area contributed by atoms with Crippen LogP contribution < -0.4 is 0 Å². The van der Waals surface area contributed by atoms with Crippen molar-refractivity contribution in [2.75, 3.05) is 6.61 Å². The number of carbonyl (C=O) groups is 1. The van der Waals surface area contributed by atoms with E-state index in [4.69, 9.17) is 10.0 Å². The molecule has 0 aliphatic carbocycles. The molecule has 82 valence electrons. The van der Waals surface area contributed by atoms with Gasteiger partial charge in [-0.05, 0) is 6.92 Å². The predicted molar refractivity (Wildman–Crippen MR) is 41.2 cm³/mol. The summed E-state index contributed by atoms with van der Waals surface area (Å²) in [6, 6.07) is 0. The summed E-state index contributed by atoms with van der Waals surface area (Å²) in [6.45, 7) is 1.39. The van der Waals surface area contributed by atoms with Crippen molar-refractivity contribution in [2.24, 2.45) is 0 Å². The van der Waals surface area contributed by atoms with Crippen molar-refractivity contribution >= 4 is 13.1 Å². The first-order chi connectivity index (χ1) is 6.29. The Hall–Kier alpha value is -0.755. The number of hydrogen-bond donors (Lipinski definition) is 2. The molecule has 0 aliphatic heterocycles. The zero-order valence-electron chi connectivity index (χ0n) is 7.41. The van der Waals surface area contributed by atoms with Crippen LogP contribution in [0.5, 0.6) is 0 Å². The van der Waals surface area contributed by atoms with E-state index in [-0.39, 0.29) is 6.61 Å². The second-order valence-corrected chi connectivity index (χ2v) is 2.57. The van der Waals surface area contributed by atoms with Gasteiger partial charge in [-0.25, -0.2) is 0 Å². The zero-order valence-corrected chi connectivity index (χ0v) is 7.41. The maximum absolute atomic E-state index is 12.0. The van der Waals surface area contributed by atoms with Gasteiger partial charge in [0.2, 0.25) is 0 Å². The van der Waals surface area contributed by atoms with Gasteiger partial charge in [-0.3, -0.25) is 4.79 Å². The number of alkyl halides is 3. The Balaban J connectivity index is 4.32. The van der Waals surface area contributed by atoms with Gasteiger partial charge in [0.05, 0.1) is 18.8 Å². The monoisotopic (exact) mass is 214 g/mol. The van der Waals surface area contributed by atoms with E-state index in [0.717, 1.165) is 0 Å². The van der Waals surface area contributed by atoms with E-state index in [9.17, 15) is 18.0 Å². The molecule has 2 N–H and O–H groups in total. The highest BCUT2D eigenvalue weighted by atomic mass is 19.4. The highest BCUT2D eigenvalue weighted by Gasteiger charge is 2.48. The SMILES string of the molecule is CCOC(=O)CC(B(O)O)C(F)(F)F. The van der Waals surface area contributed by atoms with Crippen molar-refractivity contribution in [1.82, 2.24) is 0 Å². The topological polar surface area (TPSA) is 66.8 Å². The molecule has 0 saturated carbocycles. The number of rotatable bonds is 4. The lowest BCUT2D eigenvalue weighted by Crippen LogP contribution is -2.34. The third kappa shape index (κ3) is 4.47. The molecule has 0 spiro atoms. The minimum Gasteiger partial charge on any atom is -0.466 e. The maximum atomic E-state index is 12.0. The normalized spacial score (nSPS) is 13.6. The van der Waals surface area contributed by atoms with E-state index in [1.54, 1.807) is 0 Å². The standard InChI is InChI=1S/C6H10BF3O4/c1-2-14-5(11)3-4(7(12)13)6(8,9)10/h4,12-13H,2-3H2,1H3. The molecule has 0 saturated heterocycles. The number of esters is 1. The first-order valence-corrected chi connectivity index (χ1v) is 3.87. The van der Waals surface area contributed by atoms with Gasteiger partial charge >= 0.3 is 19.3 Å². The second-order valence-electron chi connectivity index (χ2n) is 2.57. The molecule has 0 aromatic heterocycles. The molecular weight excluding hydrogens is 204 g/mol. The number of hydrogen-bond acceptors (Lipinski definition) is 4. The van der Waals surface area contributed by atoms with Crippen LogP contribution in [0, 0.1) is 0 Å². The van der Waals surface area contributed by atoms with Gasteiger partial charge in [0.25, 0.3) is 0 Å². The van der Waals surface area contributed by atoms with Gasteiger partial charge in [-0.2, -0.15) is 13.2 Å². The van der Waals surface area contributed by atoms with Crippen LogP contribution in [0.3, 0.4) is 0 Å². The van der Waals surface area contributed by atoms with Crippen LogP contribution in [-0.4, -0.2) is 35.9 Å². The molecule has 1 atom stereocenters. The van der Waals surface area contributed by atoms with Crippen LogP contribution in [0.15, 0.2) is 0 Å². The highest BCUT2D eigenvalue weighted by Crippen LogP contribution is 2.35. The molecule has 14 heavy (non-hydrogen) atoms. The Labute approximate surface area is 78.8 Å². The summed E-state index contributed by atoms with van der Waals surface area (Å²) in [5, 5.41) is 16.8. The molecule has 0 radical (unpaired) electrons. The lowest BCUT2D eigenvalue weighted by molar-refractivity contribution is -0.159. The van der Waals surface area contributed by atoms with Crippen LogP contribution in [-0.2, 0) is 9.53 Å². The van der Waals surface area contributed by atoms with Crippen molar-refractivity contribution in [3.63, 3.8) is 0 Å². The number of carbonyl (C=O) groups excluding carboxylic acids is 1. The first kappa shape index (κ1) is 13.2. The van der Waals surface area contributed by atoms with Crippen molar-refractivity contribution in [1.29, 1.82) is 0 Å². The zero-order chi connectivity index (χ0) is 11.4. The molecule has 0 aromatic carbocycles. The largest absolute Gasteiger partial charge is 0.466 e. The van der Waals surface area contributed by atoms with E-state index < -0.39 is 31.5 Å². The Morgan fingerprint density at radius 2 is 2.00 bits per heavy atom. The van der Waals surface area contributed by atoms with E-state index >= 15 is 0 Å². The van der Waals surface area contributed by atoms with Gasteiger partial charge < -0.3 is 14.8 Å². The summed E-state index contributed by atoms with van der Waals surface area (Å²) in [4.78, 5) is 10.7. The third-order valence-electron chi connectivity index (χ3n) is 1.47. The molecule has 0 aliphatic rings. The van der Waals surface area contributed by atoms with E-state index in [0.29, 0.717) is 0 Å². The quantitative estimate of drug-likeness (QED) is 0.523. The van der Waals surface area contributed by atoms with E-state index in [2.05, 4.69) is 4.74 Å². The summed E-state index contributed by atoms with van der Waals surface area (Å²) in [7, 11) is -2.61. The minimum absolute atomic E-state index is 0.0507. The van der Waals surface area contributed by atoms with Crippen LogP contribution in [0.4, 0.5) is 13.2 Å². The lowest BCUT2D eigenvalue weighted by atomic mass is 9.70. The lowest BCUT2D eigenvalue weighted by Gasteiger charge is -2.17. The van der Waals surface area contributed by atoms with Crippen LogP contribution in [0.1, 0.15) is 13.3 Å². The van der Waals surface area contributed by atoms with Crippen LogP contribution in [0.2, 0.25) is 5.82 Å². The smallest absolute Gasteiger partial charge is 0.464 e. The fraction of sp³-hybridized carbons (Fsp3) is 0.833. The predicted octanol–water partition coefficient (Wildman–Crippen LogP) is 0.345. The summed E-state index contributed by atoms with van der Waals surface area (Å²) < 4.78 is 40.4. The fourth-order valence-corrected chi connectivity index (χ4v) is 0.790. The summed E-state index contributed by atoms with van der Waals surface area (Å²) in [5.41, 5.74) is 0. The van der Waals surface area contributed by atoms with Gasteiger partial charge in [0.15, 0.2) is 0 Å². The third-order valence-corrected chi connectivity index (χ3v) is 1.47. The molecule has 8 heteroatoms. The van der Waals surface area contributed by atoms with Crippen LogP contribution >= 0.6 is 0 Å². The van der Waals surface area contributed by atoms with Gasteiger partial charge in [0.1, 0.15) is 0 Å². The Kier molecular flexibility index (Phi) is 4.93. The minimum atomic E-state index is -4.83. The van der Waals surface area contributed by atoms with Crippen molar-refractivity contribution in [2.45, 2.75) is 25.3 Å². The van der Waals surface area contributed by atoms with Gasteiger partial charge in [0, 0.05) is 0 Å². The van der Waals surface area contributed by atoms with E-state index in [1.165, 1.54) is 6.92 Å². The Morgan fingerprint density at radius 1 is 1.50 bits per heavy atom. The molecule has 4 nitrogen and oxygen atoms in total. The number of halogens is 3. The number of ether oxygens (including phenoxy) is 1. The fourth-order valence-electron chi connectivity index (χ4n) is 0.790. The van der Waals surface area contributed by atoms with Gasteiger partial charge in [-0.15, -0.1) is 0 Å². The summed E-state index contributed by atoms with van der Waals surface area (Å²) in [6.07, 6.45) is -5.92. The molecule has 1 unspecified atom stereocenters. The summed E-state index contributed by atoms with van der Waals surface area (Å²) >= 11 is 0. The maximum Gasteiger partial charge on any atom is 0.464 e. The highest BCUT2D eigenvalue weighted by molar-refractivity contribution is 6.43.